The van der Waals surface area contributed by atoms with E-state index in [2.05, 4.69) is 50.1 Å². The number of nitrogens with zero attached hydrogens (tertiary/aromatic N) is 1. The van der Waals surface area contributed by atoms with E-state index in [9.17, 15) is 4.79 Å². The first kappa shape index (κ1) is 18.9. The molecule has 4 heteroatoms. The van der Waals surface area contributed by atoms with E-state index in [0.29, 0.717) is 6.42 Å². The van der Waals surface area contributed by atoms with Crippen LogP contribution in [-0.4, -0.2) is 30.4 Å². The van der Waals surface area contributed by atoms with Crippen molar-refractivity contribution >= 4 is 27.8 Å². The Bertz CT molecular complexity index is 499. The summed E-state index contributed by atoms with van der Waals surface area (Å²) in [5.41, 5.74) is 2.40. The Balaban J connectivity index is 2.56. The minimum atomic E-state index is 0.117. The highest BCUT2D eigenvalue weighted by Gasteiger charge is 2.11. The largest absolute Gasteiger partial charge is 0.317 e. The molecule has 1 rings (SSSR count). The molecule has 0 aliphatic heterocycles. The zero-order valence-electron chi connectivity index (χ0n) is 14.7. The van der Waals surface area contributed by atoms with E-state index in [1.165, 1.54) is 10.5 Å². The van der Waals surface area contributed by atoms with Gasteiger partial charge in [-0.3, -0.25) is 4.79 Å². The number of amides is 1. The lowest BCUT2D eigenvalue weighted by Gasteiger charge is -2.20. The molecule has 0 saturated heterocycles. The maximum Gasteiger partial charge on any atom is 0.226 e. The zero-order valence-corrected chi connectivity index (χ0v) is 15.5. The van der Waals surface area contributed by atoms with Crippen molar-refractivity contribution < 1.29 is 4.79 Å². The number of nitrogens with one attached hydrogen (secondary N) is 1. The van der Waals surface area contributed by atoms with Gasteiger partial charge in [-0.15, -0.1) is 11.3 Å². The van der Waals surface area contributed by atoms with Crippen LogP contribution in [0.15, 0.2) is 12.1 Å². The number of carbonyl (C=O) groups excluding carboxylic acids is 1. The van der Waals surface area contributed by atoms with E-state index >= 15 is 0 Å². The highest BCUT2D eigenvalue weighted by Crippen LogP contribution is 2.32. The minimum absolute atomic E-state index is 0.117. The molecular weight excluding hydrogens is 292 g/mol. The van der Waals surface area contributed by atoms with Gasteiger partial charge in [0.1, 0.15) is 0 Å². The van der Waals surface area contributed by atoms with Gasteiger partial charge < -0.3 is 10.2 Å². The van der Waals surface area contributed by atoms with E-state index in [1.807, 2.05) is 6.92 Å². The van der Waals surface area contributed by atoms with E-state index in [4.69, 9.17) is 0 Å². The Morgan fingerprint density at radius 3 is 2.45 bits per heavy atom. The Hall–Kier alpha value is -1.13. The van der Waals surface area contributed by atoms with E-state index < -0.39 is 0 Å². The van der Waals surface area contributed by atoms with Crippen LogP contribution in [0.1, 0.15) is 57.4 Å². The van der Waals surface area contributed by atoms with Crippen LogP contribution in [0.4, 0.5) is 5.00 Å². The van der Waals surface area contributed by atoms with Crippen LogP contribution in [0.5, 0.6) is 0 Å². The van der Waals surface area contributed by atoms with Crippen molar-refractivity contribution in [3.8, 4) is 0 Å². The number of aryl methyl sites for hydroxylation is 1. The predicted octanol–water partition coefficient (Wildman–Crippen LogP) is 4.93. The fourth-order valence-corrected chi connectivity index (χ4v) is 3.48. The molecule has 1 aromatic heterocycles. The Morgan fingerprint density at radius 2 is 1.91 bits per heavy atom. The maximum absolute atomic E-state index is 12.2. The third-order valence-corrected chi connectivity index (χ3v) is 5.02. The average molecular weight is 323 g/mol. The number of rotatable bonds is 9. The summed E-state index contributed by atoms with van der Waals surface area (Å²) in [7, 11) is 0. The van der Waals surface area contributed by atoms with Crippen LogP contribution in [-0.2, 0) is 4.79 Å². The van der Waals surface area contributed by atoms with Crippen molar-refractivity contribution in [3.05, 3.63) is 22.6 Å². The second-order valence-electron chi connectivity index (χ2n) is 5.73. The summed E-state index contributed by atoms with van der Waals surface area (Å²) in [6.45, 7) is 13.6. The normalized spacial score (nSPS) is 12.0. The molecule has 0 atom stereocenters. The van der Waals surface area contributed by atoms with E-state index in [1.54, 1.807) is 11.3 Å². The first-order chi connectivity index (χ1) is 10.5. The molecule has 0 saturated carbocycles. The summed E-state index contributed by atoms with van der Waals surface area (Å²) in [5, 5.41) is 4.06. The first-order valence-electron chi connectivity index (χ1n) is 8.27. The summed E-state index contributed by atoms with van der Waals surface area (Å²) in [5.74, 6) is 0.117. The lowest BCUT2D eigenvalue weighted by atomic mass is 10.2. The molecule has 0 aliphatic carbocycles. The number of thiophene rings is 1. The van der Waals surface area contributed by atoms with Crippen molar-refractivity contribution in [2.45, 2.75) is 53.9 Å². The van der Waals surface area contributed by atoms with Crippen molar-refractivity contribution in [2.24, 2.45) is 0 Å². The standard InChI is InChI=1S/C18H30N2OS/c1-6-10-20(11-7-2)12-9-17(21)19-18-15(5)13-16(22-18)14(4)8-3/h8,13H,6-7,9-12H2,1-5H3,(H,19,21)/b14-8+. The summed E-state index contributed by atoms with van der Waals surface area (Å²) in [4.78, 5) is 15.8. The molecule has 1 heterocycles. The van der Waals surface area contributed by atoms with E-state index in [0.717, 1.165) is 43.0 Å². The Morgan fingerprint density at radius 1 is 1.27 bits per heavy atom. The highest BCUT2D eigenvalue weighted by atomic mass is 32.1. The number of allylic oxidation sites excluding steroid dienone is 2. The van der Waals surface area contributed by atoms with Crippen LogP contribution in [0.2, 0.25) is 0 Å². The molecular formula is C18H30N2OS. The monoisotopic (exact) mass is 322 g/mol. The molecule has 1 amide bonds. The van der Waals surface area contributed by atoms with Crippen LogP contribution < -0.4 is 5.32 Å². The number of carbonyl (C=O) groups is 1. The van der Waals surface area contributed by atoms with Gasteiger partial charge in [-0.25, -0.2) is 0 Å². The van der Waals surface area contributed by atoms with Gasteiger partial charge >= 0.3 is 0 Å². The molecule has 0 unspecified atom stereocenters. The average Bonchev–Trinajstić information content (AvgIpc) is 2.85. The predicted molar refractivity (Wildman–Crippen MR) is 98.6 cm³/mol. The first-order valence-corrected chi connectivity index (χ1v) is 9.09. The minimum Gasteiger partial charge on any atom is -0.317 e. The Labute approximate surface area is 139 Å². The number of hydrogen-bond donors (Lipinski definition) is 1. The van der Waals surface area contributed by atoms with Crippen LogP contribution >= 0.6 is 11.3 Å². The van der Waals surface area contributed by atoms with Gasteiger partial charge in [-0.2, -0.15) is 0 Å². The molecule has 1 N–H and O–H groups in total. The molecule has 124 valence electrons. The summed E-state index contributed by atoms with van der Waals surface area (Å²) < 4.78 is 0. The van der Waals surface area contributed by atoms with Crippen molar-refractivity contribution in [2.75, 3.05) is 25.0 Å². The van der Waals surface area contributed by atoms with Gasteiger partial charge in [0.25, 0.3) is 0 Å². The maximum atomic E-state index is 12.2. The second kappa shape index (κ2) is 9.80. The smallest absolute Gasteiger partial charge is 0.226 e. The summed E-state index contributed by atoms with van der Waals surface area (Å²) in [6.07, 6.45) is 4.94. The fourth-order valence-electron chi connectivity index (χ4n) is 2.36. The van der Waals surface area contributed by atoms with Gasteiger partial charge in [-0.05, 0) is 63.9 Å². The van der Waals surface area contributed by atoms with Crippen molar-refractivity contribution in [1.29, 1.82) is 0 Å². The van der Waals surface area contributed by atoms with Crippen LogP contribution in [0.3, 0.4) is 0 Å². The number of anilines is 1. The zero-order chi connectivity index (χ0) is 16.5. The van der Waals surface area contributed by atoms with Gasteiger partial charge in [0.2, 0.25) is 5.91 Å². The van der Waals surface area contributed by atoms with Gasteiger partial charge in [0.05, 0.1) is 5.00 Å². The molecule has 0 spiro atoms. The van der Waals surface area contributed by atoms with Gasteiger partial charge in [0.15, 0.2) is 0 Å². The highest BCUT2D eigenvalue weighted by molar-refractivity contribution is 7.17. The molecule has 0 aliphatic rings. The lowest BCUT2D eigenvalue weighted by Crippen LogP contribution is -2.29. The quantitative estimate of drug-likeness (QED) is 0.699. The van der Waals surface area contributed by atoms with Gasteiger partial charge in [-0.1, -0.05) is 19.9 Å². The molecule has 0 aromatic carbocycles. The molecule has 0 radical (unpaired) electrons. The second-order valence-corrected chi connectivity index (χ2v) is 6.79. The Kier molecular flexibility index (Phi) is 8.43. The molecule has 0 bridgehead atoms. The van der Waals surface area contributed by atoms with Crippen LogP contribution in [0, 0.1) is 6.92 Å². The van der Waals surface area contributed by atoms with E-state index in [-0.39, 0.29) is 5.91 Å². The third-order valence-electron chi connectivity index (χ3n) is 3.73. The van der Waals surface area contributed by atoms with Crippen LogP contribution in [0.25, 0.3) is 5.57 Å². The topological polar surface area (TPSA) is 32.3 Å². The molecule has 0 fully saturated rings. The molecule has 1 aromatic rings. The third kappa shape index (κ3) is 5.93. The SMILES string of the molecule is C/C=C(\C)c1cc(C)c(NC(=O)CCN(CCC)CCC)s1. The summed E-state index contributed by atoms with van der Waals surface area (Å²) in [6, 6.07) is 2.15. The lowest BCUT2D eigenvalue weighted by molar-refractivity contribution is -0.116. The van der Waals surface area contributed by atoms with Crippen molar-refractivity contribution in [1.82, 2.24) is 4.90 Å². The van der Waals surface area contributed by atoms with Crippen molar-refractivity contribution in [3.63, 3.8) is 0 Å². The van der Waals surface area contributed by atoms with Gasteiger partial charge in [0, 0.05) is 17.8 Å². The molecule has 22 heavy (non-hydrogen) atoms. The number of hydrogen-bond acceptors (Lipinski definition) is 3. The summed E-state index contributed by atoms with van der Waals surface area (Å²) >= 11 is 1.66. The fraction of sp³-hybridized carbons (Fsp3) is 0.611. The molecule has 3 nitrogen and oxygen atoms in total.